The molecule has 0 spiro atoms. The summed E-state index contributed by atoms with van der Waals surface area (Å²) in [6, 6.07) is 8.38. The lowest BCUT2D eigenvalue weighted by Gasteiger charge is -2.26. The van der Waals surface area contributed by atoms with Crippen LogP contribution in [0.2, 0.25) is 5.02 Å². The SMILES string of the molecule is COc1cc(N)c(Cl)cc1C(=O)OCC(=O)Nc1ccc(S(=O)(=O)N2CCOCC2)cc1. The minimum Gasteiger partial charge on any atom is -0.496 e. The van der Waals surface area contributed by atoms with E-state index in [4.69, 9.17) is 31.5 Å². The van der Waals surface area contributed by atoms with Crippen LogP contribution in [0.3, 0.4) is 0 Å². The highest BCUT2D eigenvalue weighted by atomic mass is 35.5. The van der Waals surface area contributed by atoms with Gasteiger partial charge < -0.3 is 25.3 Å². The number of methoxy groups -OCH3 is 1. The first-order valence-corrected chi connectivity index (χ1v) is 11.3. The number of benzene rings is 2. The van der Waals surface area contributed by atoms with Gasteiger partial charge in [-0.3, -0.25) is 4.79 Å². The Morgan fingerprint density at radius 1 is 1.19 bits per heavy atom. The molecule has 0 bridgehead atoms. The first kappa shape index (κ1) is 23.8. The molecule has 3 rings (SSSR count). The molecule has 1 heterocycles. The number of nitrogens with zero attached hydrogens (tertiary/aromatic N) is 1. The summed E-state index contributed by atoms with van der Waals surface area (Å²) in [5.74, 6) is -1.26. The Hall–Kier alpha value is -2.86. The van der Waals surface area contributed by atoms with Gasteiger partial charge >= 0.3 is 5.97 Å². The average Bonchev–Trinajstić information content (AvgIpc) is 2.80. The molecule has 10 nitrogen and oxygen atoms in total. The monoisotopic (exact) mass is 483 g/mol. The van der Waals surface area contributed by atoms with Crippen LogP contribution in [-0.4, -0.2) is 64.6 Å². The third-order valence-electron chi connectivity index (χ3n) is 4.62. The maximum Gasteiger partial charge on any atom is 0.342 e. The van der Waals surface area contributed by atoms with Crippen molar-refractivity contribution in [2.75, 3.05) is 51.1 Å². The van der Waals surface area contributed by atoms with Crippen LogP contribution in [0.1, 0.15) is 10.4 Å². The molecule has 1 fully saturated rings. The van der Waals surface area contributed by atoms with Gasteiger partial charge in [-0.1, -0.05) is 11.6 Å². The van der Waals surface area contributed by atoms with Crippen molar-refractivity contribution in [3.05, 3.63) is 47.0 Å². The first-order chi connectivity index (χ1) is 15.2. The van der Waals surface area contributed by atoms with Crippen molar-refractivity contribution in [3.8, 4) is 5.75 Å². The van der Waals surface area contributed by atoms with Crippen molar-refractivity contribution in [1.29, 1.82) is 0 Å². The highest BCUT2D eigenvalue weighted by Gasteiger charge is 2.26. The van der Waals surface area contributed by atoms with Crippen LogP contribution in [0.25, 0.3) is 0 Å². The third-order valence-corrected chi connectivity index (χ3v) is 6.86. The summed E-state index contributed by atoms with van der Waals surface area (Å²) in [6.45, 7) is 0.700. The number of nitrogen functional groups attached to an aromatic ring is 1. The van der Waals surface area contributed by atoms with Crippen molar-refractivity contribution < 1.29 is 32.2 Å². The Bertz CT molecular complexity index is 1100. The van der Waals surface area contributed by atoms with Crippen molar-refractivity contribution in [2.45, 2.75) is 4.90 Å². The van der Waals surface area contributed by atoms with E-state index in [0.29, 0.717) is 18.9 Å². The molecule has 0 aliphatic carbocycles. The molecule has 1 aliphatic heterocycles. The molecule has 0 unspecified atom stereocenters. The van der Waals surface area contributed by atoms with E-state index in [-0.39, 0.29) is 40.0 Å². The highest BCUT2D eigenvalue weighted by molar-refractivity contribution is 7.89. The summed E-state index contributed by atoms with van der Waals surface area (Å²) in [7, 11) is -2.28. The molecule has 0 atom stereocenters. The summed E-state index contributed by atoms with van der Waals surface area (Å²) >= 11 is 5.93. The van der Waals surface area contributed by atoms with Crippen LogP contribution in [-0.2, 0) is 24.3 Å². The number of rotatable bonds is 7. The van der Waals surface area contributed by atoms with Crippen LogP contribution in [0.15, 0.2) is 41.3 Å². The fourth-order valence-corrected chi connectivity index (χ4v) is 4.52. The first-order valence-electron chi connectivity index (χ1n) is 9.50. The zero-order valence-corrected chi connectivity index (χ0v) is 18.7. The third kappa shape index (κ3) is 5.49. The van der Waals surface area contributed by atoms with Crippen molar-refractivity contribution in [2.24, 2.45) is 0 Å². The van der Waals surface area contributed by atoms with Crippen LogP contribution in [0, 0.1) is 0 Å². The standard InChI is InChI=1S/C20H22ClN3O7S/c1-29-18-11-17(22)16(21)10-15(18)20(26)31-12-19(25)23-13-2-4-14(5-3-13)32(27,28)24-6-8-30-9-7-24/h2-5,10-11H,6-9,12,22H2,1H3,(H,23,25). The smallest absolute Gasteiger partial charge is 0.342 e. The molecule has 1 amide bonds. The maximum atomic E-state index is 12.6. The Kier molecular flexibility index (Phi) is 7.56. The van der Waals surface area contributed by atoms with E-state index in [2.05, 4.69) is 5.32 Å². The number of carbonyl (C=O) groups excluding carboxylic acids is 2. The maximum absolute atomic E-state index is 12.6. The number of hydrogen-bond acceptors (Lipinski definition) is 8. The number of esters is 1. The summed E-state index contributed by atoms with van der Waals surface area (Å²) in [5, 5.41) is 2.68. The lowest BCUT2D eigenvalue weighted by atomic mass is 10.2. The molecule has 0 aromatic heterocycles. The summed E-state index contributed by atoms with van der Waals surface area (Å²) < 4.78 is 41.9. The molecule has 1 saturated heterocycles. The van der Waals surface area contributed by atoms with Gasteiger partial charge in [-0.2, -0.15) is 4.31 Å². The predicted molar refractivity (Wildman–Crippen MR) is 117 cm³/mol. The van der Waals surface area contributed by atoms with E-state index < -0.39 is 28.5 Å². The van der Waals surface area contributed by atoms with Gasteiger partial charge in [-0.05, 0) is 30.3 Å². The van der Waals surface area contributed by atoms with Gasteiger partial charge in [0.2, 0.25) is 10.0 Å². The average molecular weight is 484 g/mol. The number of anilines is 2. The molecule has 3 N–H and O–H groups in total. The zero-order chi connectivity index (χ0) is 23.3. The van der Waals surface area contributed by atoms with Gasteiger partial charge in [-0.25, -0.2) is 13.2 Å². The predicted octanol–water partition coefficient (Wildman–Crippen LogP) is 1.75. The van der Waals surface area contributed by atoms with Crippen molar-refractivity contribution in [1.82, 2.24) is 4.31 Å². The van der Waals surface area contributed by atoms with Gasteiger partial charge in [-0.15, -0.1) is 0 Å². The number of ether oxygens (including phenoxy) is 3. The number of halogens is 1. The molecular formula is C20H22ClN3O7S. The molecule has 172 valence electrons. The molecular weight excluding hydrogens is 462 g/mol. The largest absolute Gasteiger partial charge is 0.496 e. The number of nitrogens with one attached hydrogen (secondary N) is 1. The fourth-order valence-electron chi connectivity index (χ4n) is 2.95. The van der Waals surface area contributed by atoms with Crippen LogP contribution >= 0.6 is 11.6 Å². The van der Waals surface area contributed by atoms with Crippen molar-refractivity contribution >= 4 is 44.9 Å². The second-order valence-electron chi connectivity index (χ2n) is 6.74. The minimum absolute atomic E-state index is 0.0252. The fraction of sp³-hybridized carbons (Fsp3) is 0.300. The molecule has 0 saturated carbocycles. The Morgan fingerprint density at radius 3 is 2.47 bits per heavy atom. The lowest BCUT2D eigenvalue weighted by molar-refractivity contribution is -0.119. The second-order valence-corrected chi connectivity index (χ2v) is 9.08. The van der Waals surface area contributed by atoms with E-state index in [1.165, 1.54) is 47.8 Å². The zero-order valence-electron chi connectivity index (χ0n) is 17.2. The van der Waals surface area contributed by atoms with Gasteiger partial charge in [0, 0.05) is 24.8 Å². The molecule has 32 heavy (non-hydrogen) atoms. The molecule has 12 heteroatoms. The number of amides is 1. The normalized spacial score (nSPS) is 14.6. The van der Waals surface area contributed by atoms with Gasteiger partial charge in [0.1, 0.15) is 11.3 Å². The van der Waals surface area contributed by atoms with E-state index in [0.717, 1.165) is 0 Å². The van der Waals surface area contributed by atoms with Crippen LogP contribution in [0.4, 0.5) is 11.4 Å². The van der Waals surface area contributed by atoms with Crippen LogP contribution < -0.4 is 15.8 Å². The highest BCUT2D eigenvalue weighted by Crippen LogP contribution is 2.29. The van der Waals surface area contributed by atoms with E-state index in [1.807, 2.05) is 0 Å². The van der Waals surface area contributed by atoms with Gasteiger partial charge in [0.25, 0.3) is 5.91 Å². The lowest BCUT2D eigenvalue weighted by Crippen LogP contribution is -2.40. The number of sulfonamides is 1. The number of morpholine rings is 1. The van der Waals surface area contributed by atoms with E-state index >= 15 is 0 Å². The topological polar surface area (TPSA) is 137 Å². The van der Waals surface area contributed by atoms with Gasteiger partial charge in [0.15, 0.2) is 6.61 Å². The molecule has 1 aliphatic rings. The van der Waals surface area contributed by atoms with Crippen molar-refractivity contribution in [3.63, 3.8) is 0 Å². The molecule has 0 radical (unpaired) electrons. The molecule has 2 aromatic rings. The number of hydrogen-bond donors (Lipinski definition) is 2. The summed E-state index contributed by atoms with van der Waals surface area (Å²) in [5.41, 5.74) is 6.28. The molecule has 2 aromatic carbocycles. The summed E-state index contributed by atoms with van der Waals surface area (Å²) in [6.07, 6.45) is 0. The van der Waals surface area contributed by atoms with E-state index in [1.54, 1.807) is 0 Å². The number of nitrogens with two attached hydrogens (primary N) is 1. The quantitative estimate of drug-likeness (QED) is 0.448. The van der Waals surface area contributed by atoms with Gasteiger partial charge in [0.05, 0.1) is 35.9 Å². The Balaban J connectivity index is 1.58. The Morgan fingerprint density at radius 2 is 1.84 bits per heavy atom. The van der Waals surface area contributed by atoms with Crippen LogP contribution in [0.5, 0.6) is 5.75 Å². The summed E-state index contributed by atoms with van der Waals surface area (Å²) in [4.78, 5) is 24.5. The minimum atomic E-state index is -3.63. The van der Waals surface area contributed by atoms with E-state index in [9.17, 15) is 18.0 Å². The number of carbonyl (C=O) groups is 2. The Labute approximate surface area is 190 Å². The second kappa shape index (κ2) is 10.2.